The van der Waals surface area contributed by atoms with Gasteiger partial charge in [-0.2, -0.15) is 0 Å². The predicted octanol–water partition coefficient (Wildman–Crippen LogP) is 2.58. The number of nitrogens with one attached hydrogen (secondary N) is 1. The standard InChI is InChI=1S/C13H15N5OS2/c1-6-7(2)20-12-9(6)11(19)15-10(16-12)8(3)21-13-17-14-5-18(13)4/h5,8H,1-4H3,(H,15,16,19). The van der Waals surface area contributed by atoms with Gasteiger partial charge in [-0.15, -0.1) is 21.5 Å². The second-order valence-corrected chi connectivity index (χ2v) is 7.41. The first kappa shape index (κ1) is 14.3. The molecule has 0 saturated carbocycles. The van der Waals surface area contributed by atoms with Crippen LogP contribution < -0.4 is 5.56 Å². The van der Waals surface area contributed by atoms with Crippen LogP contribution in [0, 0.1) is 13.8 Å². The quantitative estimate of drug-likeness (QED) is 0.750. The molecule has 0 spiro atoms. The van der Waals surface area contributed by atoms with Crippen molar-refractivity contribution in [3.63, 3.8) is 0 Å². The summed E-state index contributed by atoms with van der Waals surface area (Å²) < 4.78 is 1.84. The van der Waals surface area contributed by atoms with Crippen molar-refractivity contribution < 1.29 is 0 Å². The van der Waals surface area contributed by atoms with E-state index >= 15 is 0 Å². The number of thiophene rings is 1. The Morgan fingerprint density at radius 3 is 2.86 bits per heavy atom. The van der Waals surface area contributed by atoms with Gasteiger partial charge in [0.25, 0.3) is 5.56 Å². The number of hydrogen-bond donors (Lipinski definition) is 1. The maximum atomic E-state index is 12.3. The van der Waals surface area contributed by atoms with Crippen molar-refractivity contribution in [3.8, 4) is 0 Å². The molecule has 0 bridgehead atoms. The first-order valence-electron chi connectivity index (χ1n) is 6.48. The molecule has 21 heavy (non-hydrogen) atoms. The molecule has 0 radical (unpaired) electrons. The zero-order valence-electron chi connectivity index (χ0n) is 12.2. The van der Waals surface area contributed by atoms with E-state index in [4.69, 9.17) is 0 Å². The largest absolute Gasteiger partial charge is 0.312 e. The molecule has 0 amide bonds. The summed E-state index contributed by atoms with van der Waals surface area (Å²) in [5, 5.41) is 9.39. The van der Waals surface area contributed by atoms with Crippen LogP contribution in [0.1, 0.15) is 28.4 Å². The van der Waals surface area contributed by atoms with Crippen LogP contribution in [0.25, 0.3) is 10.2 Å². The average molecular weight is 321 g/mol. The van der Waals surface area contributed by atoms with E-state index in [1.807, 2.05) is 32.4 Å². The maximum Gasteiger partial charge on any atom is 0.259 e. The summed E-state index contributed by atoms with van der Waals surface area (Å²) in [6.45, 7) is 5.97. The minimum absolute atomic E-state index is 0.00675. The third-order valence-electron chi connectivity index (χ3n) is 3.39. The van der Waals surface area contributed by atoms with E-state index in [1.165, 1.54) is 11.8 Å². The Labute approximate surface area is 129 Å². The van der Waals surface area contributed by atoms with Gasteiger partial charge in [0.1, 0.15) is 17.0 Å². The van der Waals surface area contributed by atoms with E-state index in [0.717, 1.165) is 20.4 Å². The van der Waals surface area contributed by atoms with Crippen LogP contribution in [0.2, 0.25) is 0 Å². The summed E-state index contributed by atoms with van der Waals surface area (Å²) in [5.74, 6) is 0.668. The van der Waals surface area contributed by atoms with Crippen LogP contribution in [0.4, 0.5) is 0 Å². The first-order valence-corrected chi connectivity index (χ1v) is 8.17. The SMILES string of the molecule is Cc1sc2nc(C(C)Sc3nncn3C)[nH]c(=O)c2c1C. The number of nitrogens with zero attached hydrogens (tertiary/aromatic N) is 4. The first-order chi connectivity index (χ1) is 9.97. The Bertz CT molecular complexity index is 863. The number of H-pyrrole nitrogens is 1. The van der Waals surface area contributed by atoms with E-state index < -0.39 is 0 Å². The summed E-state index contributed by atoms with van der Waals surface area (Å²) in [4.78, 5) is 21.7. The molecule has 0 saturated heterocycles. The smallest absolute Gasteiger partial charge is 0.259 e. The number of fused-ring (bicyclic) bond motifs is 1. The van der Waals surface area contributed by atoms with Gasteiger partial charge < -0.3 is 9.55 Å². The molecule has 1 N–H and O–H groups in total. The Morgan fingerprint density at radius 1 is 1.43 bits per heavy atom. The highest BCUT2D eigenvalue weighted by molar-refractivity contribution is 7.99. The normalized spacial score (nSPS) is 13.0. The van der Waals surface area contributed by atoms with Crippen LogP contribution in [0.5, 0.6) is 0 Å². The second kappa shape index (κ2) is 5.27. The maximum absolute atomic E-state index is 12.3. The van der Waals surface area contributed by atoms with Crippen LogP contribution in [0.3, 0.4) is 0 Å². The molecule has 1 unspecified atom stereocenters. The van der Waals surface area contributed by atoms with E-state index in [0.29, 0.717) is 11.2 Å². The number of aromatic amines is 1. The lowest BCUT2D eigenvalue weighted by atomic mass is 10.2. The molecular formula is C13H15N5OS2. The summed E-state index contributed by atoms with van der Waals surface area (Å²) in [6.07, 6.45) is 1.65. The van der Waals surface area contributed by atoms with Gasteiger partial charge in [-0.25, -0.2) is 4.98 Å². The monoisotopic (exact) mass is 321 g/mol. The fraction of sp³-hybridized carbons (Fsp3) is 0.385. The lowest BCUT2D eigenvalue weighted by Gasteiger charge is -2.09. The number of aromatic nitrogens is 5. The Hall–Kier alpha value is -1.67. The van der Waals surface area contributed by atoms with Crippen molar-refractivity contribution in [1.82, 2.24) is 24.7 Å². The molecule has 0 aliphatic carbocycles. The fourth-order valence-electron chi connectivity index (χ4n) is 2.06. The van der Waals surface area contributed by atoms with E-state index in [-0.39, 0.29) is 10.8 Å². The Kier molecular flexibility index (Phi) is 3.58. The third-order valence-corrected chi connectivity index (χ3v) is 5.65. The zero-order chi connectivity index (χ0) is 15.1. The van der Waals surface area contributed by atoms with E-state index in [2.05, 4.69) is 20.2 Å². The van der Waals surface area contributed by atoms with Crippen LogP contribution in [-0.2, 0) is 7.05 Å². The molecule has 3 heterocycles. The van der Waals surface area contributed by atoms with Crippen molar-refractivity contribution in [3.05, 3.63) is 32.9 Å². The van der Waals surface area contributed by atoms with Gasteiger partial charge in [-0.3, -0.25) is 4.79 Å². The molecule has 0 aromatic carbocycles. The molecular weight excluding hydrogens is 306 g/mol. The topological polar surface area (TPSA) is 76.5 Å². The van der Waals surface area contributed by atoms with E-state index in [1.54, 1.807) is 17.7 Å². The lowest BCUT2D eigenvalue weighted by molar-refractivity contribution is 0.781. The molecule has 3 aromatic rings. The number of hydrogen-bond acceptors (Lipinski definition) is 6. The minimum atomic E-state index is -0.0673. The summed E-state index contributed by atoms with van der Waals surface area (Å²) in [6, 6.07) is 0. The van der Waals surface area contributed by atoms with Crippen molar-refractivity contribution >= 4 is 33.3 Å². The molecule has 8 heteroatoms. The second-order valence-electron chi connectivity index (χ2n) is 4.90. The molecule has 3 rings (SSSR count). The van der Waals surface area contributed by atoms with Gasteiger partial charge in [0.15, 0.2) is 5.16 Å². The van der Waals surface area contributed by atoms with Crippen LogP contribution >= 0.6 is 23.1 Å². The van der Waals surface area contributed by atoms with Gasteiger partial charge in [0.2, 0.25) is 0 Å². The third kappa shape index (κ3) is 2.49. The Morgan fingerprint density at radius 2 is 2.19 bits per heavy atom. The fourth-order valence-corrected chi connectivity index (χ4v) is 3.94. The summed E-state index contributed by atoms with van der Waals surface area (Å²) >= 11 is 3.08. The number of thioether (sulfide) groups is 1. The highest BCUT2D eigenvalue weighted by Crippen LogP contribution is 2.33. The highest BCUT2D eigenvalue weighted by Gasteiger charge is 2.17. The van der Waals surface area contributed by atoms with Crippen LogP contribution in [0.15, 0.2) is 16.3 Å². The highest BCUT2D eigenvalue weighted by atomic mass is 32.2. The van der Waals surface area contributed by atoms with E-state index in [9.17, 15) is 4.79 Å². The molecule has 3 aromatic heterocycles. The minimum Gasteiger partial charge on any atom is -0.312 e. The van der Waals surface area contributed by atoms with Crippen molar-refractivity contribution in [2.75, 3.05) is 0 Å². The van der Waals surface area contributed by atoms with Crippen molar-refractivity contribution in [2.45, 2.75) is 31.2 Å². The molecule has 110 valence electrons. The van der Waals surface area contributed by atoms with Gasteiger partial charge >= 0.3 is 0 Å². The van der Waals surface area contributed by atoms with Gasteiger partial charge in [0, 0.05) is 11.9 Å². The predicted molar refractivity (Wildman–Crippen MR) is 85.0 cm³/mol. The summed E-state index contributed by atoms with van der Waals surface area (Å²) in [5.41, 5.74) is 0.950. The average Bonchev–Trinajstić information content (AvgIpc) is 2.95. The Balaban J connectivity index is 2.01. The molecule has 0 aliphatic rings. The molecule has 0 aliphatic heterocycles. The molecule has 1 atom stereocenters. The zero-order valence-corrected chi connectivity index (χ0v) is 13.8. The number of rotatable bonds is 3. The number of aryl methyl sites for hydroxylation is 3. The van der Waals surface area contributed by atoms with Gasteiger partial charge in [-0.1, -0.05) is 11.8 Å². The van der Waals surface area contributed by atoms with Crippen molar-refractivity contribution in [1.29, 1.82) is 0 Å². The van der Waals surface area contributed by atoms with Crippen molar-refractivity contribution in [2.24, 2.45) is 7.05 Å². The lowest BCUT2D eigenvalue weighted by Crippen LogP contribution is -2.12. The molecule has 0 fully saturated rings. The van der Waals surface area contributed by atoms with Crippen LogP contribution in [-0.4, -0.2) is 24.7 Å². The van der Waals surface area contributed by atoms with Gasteiger partial charge in [-0.05, 0) is 26.3 Å². The summed E-state index contributed by atoms with van der Waals surface area (Å²) in [7, 11) is 1.89. The molecule has 6 nitrogen and oxygen atoms in total. The van der Waals surface area contributed by atoms with Gasteiger partial charge in [0.05, 0.1) is 10.6 Å².